The highest BCUT2D eigenvalue weighted by Gasteiger charge is 2.29. The Hall–Kier alpha value is -3.50. The van der Waals surface area contributed by atoms with Crippen LogP contribution in [0.25, 0.3) is 11.1 Å². The standard InChI is InChI=1S/C30H29N3O/c1-3-8-22(9-4-1)19-33(20-23-10-5-2-6-11-23)26-16-28-27(12-7-13-29(28)34-21-26)25-17-31-30(32-18-25)24-14-15-24/h1-13,17-18,24,26H,14-16,19-21H2. The Kier molecular flexibility index (Phi) is 5.82. The molecule has 1 atom stereocenters. The van der Waals surface area contributed by atoms with E-state index >= 15 is 0 Å². The lowest BCUT2D eigenvalue weighted by atomic mass is 9.93. The van der Waals surface area contributed by atoms with Crippen LogP contribution in [-0.2, 0) is 19.5 Å². The lowest BCUT2D eigenvalue weighted by Gasteiger charge is -2.36. The van der Waals surface area contributed by atoms with Crippen LogP contribution in [0, 0.1) is 0 Å². The number of rotatable bonds is 7. The van der Waals surface area contributed by atoms with Gasteiger partial charge in [-0.15, -0.1) is 0 Å². The van der Waals surface area contributed by atoms with Crippen molar-refractivity contribution in [2.45, 2.75) is 44.3 Å². The number of hydrogen-bond donors (Lipinski definition) is 0. The molecule has 1 fully saturated rings. The number of hydrogen-bond acceptors (Lipinski definition) is 4. The van der Waals surface area contributed by atoms with Crippen LogP contribution >= 0.6 is 0 Å². The van der Waals surface area contributed by atoms with Gasteiger partial charge in [-0.1, -0.05) is 72.8 Å². The van der Waals surface area contributed by atoms with Crippen molar-refractivity contribution in [2.24, 2.45) is 0 Å². The molecule has 1 saturated carbocycles. The summed E-state index contributed by atoms with van der Waals surface area (Å²) in [5.74, 6) is 2.54. The molecule has 6 rings (SSSR count). The third-order valence-electron chi connectivity index (χ3n) is 6.90. The highest BCUT2D eigenvalue weighted by Crippen LogP contribution is 2.39. The van der Waals surface area contributed by atoms with E-state index in [0.29, 0.717) is 12.5 Å². The van der Waals surface area contributed by atoms with E-state index in [1.54, 1.807) is 0 Å². The summed E-state index contributed by atoms with van der Waals surface area (Å²) in [6.07, 6.45) is 7.36. The molecule has 1 aromatic heterocycles. The van der Waals surface area contributed by atoms with Gasteiger partial charge in [0.25, 0.3) is 0 Å². The molecule has 3 aromatic carbocycles. The van der Waals surface area contributed by atoms with Crippen LogP contribution in [0.1, 0.15) is 41.3 Å². The van der Waals surface area contributed by atoms with E-state index in [-0.39, 0.29) is 6.04 Å². The lowest BCUT2D eigenvalue weighted by molar-refractivity contribution is 0.106. The molecule has 0 amide bonds. The molecule has 2 heterocycles. The minimum Gasteiger partial charge on any atom is -0.492 e. The average molecular weight is 448 g/mol. The minimum absolute atomic E-state index is 0.278. The van der Waals surface area contributed by atoms with Crippen molar-refractivity contribution in [1.29, 1.82) is 0 Å². The molecule has 0 bridgehead atoms. The Morgan fingerprint density at radius 3 is 2.03 bits per heavy atom. The van der Waals surface area contributed by atoms with Crippen molar-refractivity contribution in [3.63, 3.8) is 0 Å². The fraction of sp³-hybridized carbons (Fsp3) is 0.267. The first-order chi connectivity index (χ1) is 16.8. The predicted molar refractivity (Wildman–Crippen MR) is 135 cm³/mol. The van der Waals surface area contributed by atoms with E-state index in [1.165, 1.54) is 35.1 Å². The quantitative estimate of drug-likeness (QED) is 0.347. The molecule has 1 aliphatic carbocycles. The summed E-state index contributed by atoms with van der Waals surface area (Å²) in [6.45, 7) is 2.47. The average Bonchev–Trinajstić information content (AvgIpc) is 3.75. The van der Waals surface area contributed by atoms with Gasteiger partial charge in [0.1, 0.15) is 18.2 Å². The van der Waals surface area contributed by atoms with Gasteiger partial charge in [0.05, 0.1) is 0 Å². The highest BCUT2D eigenvalue weighted by atomic mass is 16.5. The first kappa shape index (κ1) is 21.1. The van der Waals surface area contributed by atoms with Gasteiger partial charge >= 0.3 is 0 Å². The summed E-state index contributed by atoms with van der Waals surface area (Å²) in [5.41, 5.74) is 6.16. The smallest absolute Gasteiger partial charge is 0.131 e. The molecule has 1 unspecified atom stereocenters. The van der Waals surface area contributed by atoms with Gasteiger partial charge in [0, 0.05) is 48.6 Å². The van der Waals surface area contributed by atoms with Crippen LogP contribution in [0.15, 0.2) is 91.3 Å². The molecule has 0 spiro atoms. The van der Waals surface area contributed by atoms with Crippen LogP contribution in [0.2, 0.25) is 0 Å². The number of fused-ring (bicyclic) bond motifs is 1. The van der Waals surface area contributed by atoms with Crippen molar-refractivity contribution in [3.8, 4) is 16.9 Å². The molecule has 4 aromatic rings. The molecule has 4 heteroatoms. The van der Waals surface area contributed by atoms with E-state index < -0.39 is 0 Å². The molecule has 34 heavy (non-hydrogen) atoms. The predicted octanol–water partition coefficient (Wildman–Crippen LogP) is 6.03. The zero-order valence-corrected chi connectivity index (χ0v) is 19.3. The molecule has 170 valence electrons. The van der Waals surface area contributed by atoms with Crippen molar-refractivity contribution in [2.75, 3.05) is 6.61 Å². The highest BCUT2D eigenvalue weighted by molar-refractivity contribution is 5.69. The zero-order chi connectivity index (χ0) is 22.7. The Balaban J connectivity index is 1.29. The zero-order valence-electron chi connectivity index (χ0n) is 19.3. The van der Waals surface area contributed by atoms with Gasteiger partial charge < -0.3 is 4.74 Å². The molecular weight excluding hydrogens is 418 g/mol. The fourth-order valence-electron chi connectivity index (χ4n) is 4.88. The summed E-state index contributed by atoms with van der Waals surface area (Å²) >= 11 is 0. The number of nitrogens with zero attached hydrogens (tertiary/aromatic N) is 3. The van der Waals surface area contributed by atoms with Crippen LogP contribution in [0.5, 0.6) is 5.75 Å². The van der Waals surface area contributed by atoms with Crippen LogP contribution in [0.4, 0.5) is 0 Å². The third-order valence-corrected chi connectivity index (χ3v) is 6.90. The van der Waals surface area contributed by atoms with Crippen molar-refractivity contribution in [1.82, 2.24) is 14.9 Å². The van der Waals surface area contributed by atoms with Crippen LogP contribution < -0.4 is 4.74 Å². The van der Waals surface area contributed by atoms with Gasteiger partial charge in [0.2, 0.25) is 0 Å². The molecule has 1 aliphatic heterocycles. The molecule has 2 aliphatic rings. The topological polar surface area (TPSA) is 38.2 Å². The van der Waals surface area contributed by atoms with Crippen LogP contribution in [-0.4, -0.2) is 27.5 Å². The largest absolute Gasteiger partial charge is 0.492 e. The second kappa shape index (κ2) is 9.40. The van der Waals surface area contributed by atoms with Crippen molar-refractivity contribution >= 4 is 0 Å². The molecule has 0 radical (unpaired) electrons. The maximum absolute atomic E-state index is 6.34. The second-order valence-corrected chi connectivity index (χ2v) is 9.43. The van der Waals surface area contributed by atoms with Crippen molar-refractivity contribution in [3.05, 3.63) is 114 Å². The third kappa shape index (κ3) is 4.59. The molecule has 4 nitrogen and oxygen atoms in total. The maximum atomic E-state index is 6.34. The number of aromatic nitrogens is 2. The SMILES string of the molecule is c1ccc(CN(Cc2ccccc2)C2COc3cccc(-c4cnc(C5CC5)nc4)c3C2)cc1. The number of benzene rings is 3. The van der Waals surface area contributed by atoms with Crippen LogP contribution in [0.3, 0.4) is 0 Å². The van der Waals surface area contributed by atoms with E-state index in [4.69, 9.17) is 4.74 Å². The van der Waals surface area contributed by atoms with E-state index in [1.807, 2.05) is 12.4 Å². The Morgan fingerprint density at radius 2 is 1.41 bits per heavy atom. The molecule has 0 saturated heterocycles. The van der Waals surface area contributed by atoms with Crippen molar-refractivity contribution < 1.29 is 4.74 Å². The Morgan fingerprint density at radius 1 is 0.765 bits per heavy atom. The van der Waals surface area contributed by atoms with Gasteiger partial charge in [-0.05, 0) is 42.0 Å². The molecular formula is C30H29N3O. The van der Waals surface area contributed by atoms with Gasteiger partial charge in [-0.3, -0.25) is 4.90 Å². The Labute approximate surface area is 201 Å². The summed E-state index contributed by atoms with van der Waals surface area (Å²) in [6, 6.07) is 28.1. The van der Waals surface area contributed by atoms with E-state index in [9.17, 15) is 0 Å². The van der Waals surface area contributed by atoms with Gasteiger partial charge in [-0.25, -0.2) is 9.97 Å². The van der Waals surface area contributed by atoms with Gasteiger partial charge in [-0.2, -0.15) is 0 Å². The van der Waals surface area contributed by atoms with Gasteiger partial charge in [0.15, 0.2) is 0 Å². The first-order valence-corrected chi connectivity index (χ1v) is 12.2. The monoisotopic (exact) mass is 447 g/mol. The fourth-order valence-corrected chi connectivity index (χ4v) is 4.88. The summed E-state index contributed by atoms with van der Waals surface area (Å²) in [7, 11) is 0. The summed E-state index contributed by atoms with van der Waals surface area (Å²) in [5, 5.41) is 0. The summed E-state index contributed by atoms with van der Waals surface area (Å²) in [4.78, 5) is 11.9. The lowest BCUT2D eigenvalue weighted by Crippen LogP contribution is -2.42. The van der Waals surface area contributed by atoms with E-state index in [0.717, 1.165) is 36.6 Å². The maximum Gasteiger partial charge on any atom is 0.131 e. The number of ether oxygens (including phenoxy) is 1. The first-order valence-electron chi connectivity index (χ1n) is 12.2. The second-order valence-electron chi connectivity index (χ2n) is 9.43. The van der Waals surface area contributed by atoms with E-state index in [2.05, 4.69) is 93.7 Å². The molecule has 0 N–H and O–H groups in total. The minimum atomic E-state index is 0.278. The summed E-state index contributed by atoms with van der Waals surface area (Å²) < 4.78 is 6.34. The normalized spacial score (nSPS) is 17.3. The Bertz CT molecular complexity index is 1200.